The molecule has 0 atom stereocenters. The number of benzene rings is 1. The van der Waals surface area contributed by atoms with E-state index in [-0.39, 0.29) is 6.01 Å². The Morgan fingerprint density at radius 2 is 1.88 bits per heavy atom. The van der Waals surface area contributed by atoms with Gasteiger partial charge in [0.05, 0.1) is 6.20 Å². The van der Waals surface area contributed by atoms with Crippen LogP contribution in [0, 0.1) is 20.8 Å². The van der Waals surface area contributed by atoms with Crippen molar-refractivity contribution in [2.75, 3.05) is 43.4 Å². The van der Waals surface area contributed by atoms with Crippen LogP contribution in [0.25, 0.3) is 10.9 Å². The van der Waals surface area contributed by atoms with E-state index in [1.807, 2.05) is 39.0 Å². The summed E-state index contributed by atoms with van der Waals surface area (Å²) >= 11 is 0. The predicted molar refractivity (Wildman–Crippen MR) is 124 cm³/mol. The molecule has 0 saturated carbocycles. The van der Waals surface area contributed by atoms with E-state index in [0.717, 1.165) is 65.7 Å². The molecular formula is C23H27N7O2. The Kier molecular flexibility index (Phi) is 5.18. The number of nitrogens with one attached hydrogen (secondary N) is 2. The topological polar surface area (TPSA) is 95.3 Å². The van der Waals surface area contributed by atoms with Crippen LogP contribution in [0.5, 0.6) is 11.8 Å². The Morgan fingerprint density at radius 3 is 2.62 bits per heavy atom. The molecule has 4 aromatic rings. The number of H-pyrrole nitrogens is 1. The van der Waals surface area contributed by atoms with Crippen molar-refractivity contribution in [2.24, 2.45) is 0 Å². The fraction of sp³-hybridized carbons (Fsp3) is 0.348. The van der Waals surface area contributed by atoms with Crippen LogP contribution in [-0.4, -0.2) is 58.1 Å². The van der Waals surface area contributed by atoms with Crippen LogP contribution >= 0.6 is 0 Å². The molecule has 1 saturated heterocycles. The van der Waals surface area contributed by atoms with Gasteiger partial charge in [-0.3, -0.25) is 5.32 Å². The first-order chi connectivity index (χ1) is 15.4. The van der Waals surface area contributed by atoms with Crippen molar-refractivity contribution >= 4 is 28.6 Å². The molecule has 9 heteroatoms. The van der Waals surface area contributed by atoms with Crippen molar-refractivity contribution in [3.8, 4) is 11.8 Å². The molecule has 0 amide bonds. The number of rotatable bonds is 5. The highest BCUT2D eigenvalue weighted by Gasteiger charge is 2.19. The van der Waals surface area contributed by atoms with E-state index in [0.29, 0.717) is 11.8 Å². The first-order valence-corrected chi connectivity index (χ1v) is 10.7. The highest BCUT2D eigenvalue weighted by atomic mass is 16.5. The Hall–Kier alpha value is -3.59. The van der Waals surface area contributed by atoms with E-state index >= 15 is 0 Å². The Bertz CT molecular complexity index is 1250. The van der Waals surface area contributed by atoms with E-state index in [9.17, 15) is 0 Å². The summed E-state index contributed by atoms with van der Waals surface area (Å²) < 4.78 is 11.8. The molecule has 32 heavy (non-hydrogen) atoms. The van der Waals surface area contributed by atoms with Gasteiger partial charge in [-0.15, -0.1) is 0 Å². The zero-order chi connectivity index (χ0) is 22.2. The van der Waals surface area contributed by atoms with Crippen molar-refractivity contribution in [1.82, 2.24) is 24.8 Å². The number of hydrogen-bond acceptors (Lipinski definition) is 8. The summed E-state index contributed by atoms with van der Waals surface area (Å²) in [5.74, 6) is 2.83. The number of aromatic nitrogens is 4. The average Bonchev–Trinajstić information content (AvgIpc) is 3.35. The van der Waals surface area contributed by atoms with Crippen molar-refractivity contribution < 1.29 is 9.15 Å². The predicted octanol–water partition coefficient (Wildman–Crippen LogP) is 4.16. The molecule has 1 aliphatic heterocycles. The summed E-state index contributed by atoms with van der Waals surface area (Å²) in [6.45, 7) is 9.67. The summed E-state index contributed by atoms with van der Waals surface area (Å²) in [5.41, 5.74) is 3.24. The summed E-state index contributed by atoms with van der Waals surface area (Å²) in [6, 6.07) is 8.66. The van der Waals surface area contributed by atoms with Crippen molar-refractivity contribution in [3.63, 3.8) is 0 Å². The molecule has 1 aromatic carbocycles. The van der Waals surface area contributed by atoms with Gasteiger partial charge in [-0.2, -0.15) is 9.97 Å². The quantitative estimate of drug-likeness (QED) is 0.484. The highest BCUT2D eigenvalue weighted by molar-refractivity contribution is 5.86. The van der Waals surface area contributed by atoms with Gasteiger partial charge in [0.25, 0.3) is 6.01 Å². The van der Waals surface area contributed by atoms with Crippen LogP contribution in [0.15, 0.2) is 34.9 Å². The number of oxazole rings is 1. The Morgan fingerprint density at radius 1 is 1.06 bits per heavy atom. The Labute approximate surface area is 186 Å². The van der Waals surface area contributed by atoms with Gasteiger partial charge < -0.3 is 23.9 Å². The molecule has 5 rings (SSSR count). The van der Waals surface area contributed by atoms with Crippen molar-refractivity contribution in [1.29, 1.82) is 0 Å². The number of hydrogen-bond donors (Lipinski definition) is 2. The number of ether oxygens (including phenoxy) is 1. The molecular weight excluding hydrogens is 406 g/mol. The van der Waals surface area contributed by atoms with Gasteiger partial charge in [0.2, 0.25) is 0 Å². The largest absolute Gasteiger partial charge is 0.429 e. The van der Waals surface area contributed by atoms with E-state index in [1.165, 1.54) is 0 Å². The van der Waals surface area contributed by atoms with Gasteiger partial charge in [0, 0.05) is 54.4 Å². The first kappa shape index (κ1) is 20.3. The van der Waals surface area contributed by atoms with Gasteiger partial charge in [-0.1, -0.05) is 0 Å². The molecule has 1 aliphatic rings. The molecule has 0 radical (unpaired) electrons. The lowest BCUT2D eigenvalue weighted by Crippen LogP contribution is -2.44. The summed E-state index contributed by atoms with van der Waals surface area (Å²) in [7, 11) is 2.13. The number of aryl methyl sites for hydroxylation is 3. The average molecular weight is 434 g/mol. The standard InChI is InChI=1S/C23H27N7O2/c1-14-11-17-16(3)19(6-5-18(17)25-14)32-23-27-20(26-22-24-13-15(2)31-22)12-21(28-23)30-9-7-29(4)8-10-30/h5-6,11-13,25H,7-10H2,1-4H3,(H,24,26,27,28). The molecule has 2 N–H and O–H groups in total. The SMILES string of the molecule is Cc1cc2c(C)c(Oc3nc(Nc4ncc(C)o4)cc(N4CCN(C)CC4)n3)ccc2[nH]1. The lowest BCUT2D eigenvalue weighted by Gasteiger charge is -2.33. The van der Waals surface area contributed by atoms with E-state index < -0.39 is 0 Å². The number of aromatic amines is 1. The van der Waals surface area contributed by atoms with Crippen LogP contribution < -0.4 is 15.0 Å². The smallest absolute Gasteiger partial charge is 0.325 e. The number of fused-ring (bicyclic) bond motifs is 1. The van der Waals surface area contributed by atoms with Gasteiger partial charge >= 0.3 is 6.01 Å². The normalized spacial score (nSPS) is 14.8. The second-order valence-electron chi connectivity index (χ2n) is 8.29. The van der Waals surface area contributed by atoms with Crippen LogP contribution in [0.2, 0.25) is 0 Å². The third kappa shape index (κ3) is 4.11. The molecule has 0 spiro atoms. The minimum atomic E-state index is 0.280. The van der Waals surface area contributed by atoms with Gasteiger partial charge in [-0.25, -0.2) is 4.98 Å². The summed E-state index contributed by atoms with van der Waals surface area (Å²) in [5, 5.41) is 4.26. The van der Waals surface area contributed by atoms with Crippen LogP contribution in [0.1, 0.15) is 17.0 Å². The summed E-state index contributed by atoms with van der Waals surface area (Å²) in [4.78, 5) is 21.4. The third-order valence-electron chi connectivity index (χ3n) is 5.73. The van der Waals surface area contributed by atoms with Gasteiger partial charge in [0.1, 0.15) is 23.1 Å². The zero-order valence-electron chi connectivity index (χ0n) is 18.8. The molecule has 0 unspecified atom stereocenters. The van der Waals surface area contributed by atoms with E-state index in [2.05, 4.69) is 43.2 Å². The lowest BCUT2D eigenvalue weighted by molar-refractivity contribution is 0.311. The fourth-order valence-corrected chi connectivity index (χ4v) is 3.92. The maximum Gasteiger partial charge on any atom is 0.325 e. The molecule has 4 heterocycles. The lowest BCUT2D eigenvalue weighted by atomic mass is 10.1. The molecule has 3 aromatic heterocycles. The molecule has 9 nitrogen and oxygen atoms in total. The number of anilines is 3. The van der Waals surface area contributed by atoms with Crippen LogP contribution in [0.4, 0.5) is 17.7 Å². The second-order valence-corrected chi connectivity index (χ2v) is 8.29. The van der Waals surface area contributed by atoms with Crippen molar-refractivity contribution in [3.05, 3.63) is 47.5 Å². The molecule has 1 fully saturated rings. The van der Waals surface area contributed by atoms with Crippen LogP contribution in [0.3, 0.4) is 0 Å². The van der Waals surface area contributed by atoms with Gasteiger partial charge in [0.15, 0.2) is 0 Å². The molecule has 0 aliphatic carbocycles. The second kappa shape index (κ2) is 8.16. The number of nitrogens with zero attached hydrogens (tertiary/aromatic N) is 5. The van der Waals surface area contributed by atoms with Crippen molar-refractivity contribution in [2.45, 2.75) is 20.8 Å². The zero-order valence-corrected chi connectivity index (χ0v) is 18.8. The molecule has 166 valence electrons. The van der Waals surface area contributed by atoms with Gasteiger partial charge in [-0.05, 0) is 46.0 Å². The maximum absolute atomic E-state index is 6.20. The van der Waals surface area contributed by atoms with E-state index in [4.69, 9.17) is 14.1 Å². The summed E-state index contributed by atoms with van der Waals surface area (Å²) in [6.07, 6.45) is 1.67. The Balaban J connectivity index is 1.49. The monoisotopic (exact) mass is 433 g/mol. The highest BCUT2D eigenvalue weighted by Crippen LogP contribution is 2.32. The number of likely N-dealkylation sites (N-methyl/N-ethyl adjacent to an activating group) is 1. The van der Waals surface area contributed by atoms with Crippen LogP contribution in [-0.2, 0) is 0 Å². The minimum absolute atomic E-state index is 0.280. The first-order valence-electron chi connectivity index (χ1n) is 10.7. The number of piperazine rings is 1. The third-order valence-corrected chi connectivity index (χ3v) is 5.73. The van der Waals surface area contributed by atoms with E-state index in [1.54, 1.807) is 6.20 Å². The maximum atomic E-state index is 6.20. The minimum Gasteiger partial charge on any atom is -0.429 e. The fourth-order valence-electron chi connectivity index (χ4n) is 3.92. The molecule has 0 bridgehead atoms.